The average molecular weight is 354 g/mol. The van der Waals surface area contributed by atoms with E-state index in [-0.39, 0.29) is 5.97 Å². The molecule has 0 spiro atoms. The van der Waals surface area contributed by atoms with Gasteiger partial charge in [0.25, 0.3) is 0 Å². The van der Waals surface area contributed by atoms with E-state index in [1.165, 1.54) is 0 Å². The van der Waals surface area contributed by atoms with E-state index in [0.717, 1.165) is 28.0 Å². The Kier molecular flexibility index (Phi) is 4.58. The highest BCUT2D eigenvalue weighted by atomic mass is 16.5. The van der Waals surface area contributed by atoms with E-state index in [1.807, 2.05) is 91.0 Å². The molecule has 0 unspecified atom stereocenters. The van der Waals surface area contributed by atoms with Crippen molar-refractivity contribution in [1.29, 1.82) is 0 Å². The van der Waals surface area contributed by atoms with E-state index in [1.54, 1.807) is 7.11 Å². The topological polar surface area (TPSA) is 35.5 Å². The van der Waals surface area contributed by atoms with Gasteiger partial charge in [0.15, 0.2) is 0 Å². The quantitative estimate of drug-likeness (QED) is 0.604. The summed E-state index contributed by atoms with van der Waals surface area (Å²) in [6.07, 6.45) is 1.88. The maximum Gasteiger partial charge on any atom is 0.344 e. The van der Waals surface area contributed by atoms with Gasteiger partial charge in [0, 0.05) is 5.57 Å². The van der Waals surface area contributed by atoms with Gasteiger partial charge in [-0.05, 0) is 34.9 Å². The number of methoxy groups -OCH3 is 1. The van der Waals surface area contributed by atoms with Crippen molar-refractivity contribution < 1.29 is 14.3 Å². The number of carbonyl (C=O) groups excluding carboxylic acids is 1. The van der Waals surface area contributed by atoms with Crippen molar-refractivity contribution in [2.45, 2.75) is 0 Å². The summed E-state index contributed by atoms with van der Waals surface area (Å²) in [5.41, 5.74) is 4.12. The Morgan fingerprint density at radius 3 is 1.85 bits per heavy atom. The first-order chi connectivity index (χ1) is 13.3. The summed E-state index contributed by atoms with van der Waals surface area (Å²) in [5, 5.41) is 0. The molecular weight excluding hydrogens is 336 g/mol. The van der Waals surface area contributed by atoms with Crippen LogP contribution < -0.4 is 4.74 Å². The molecule has 0 aliphatic carbocycles. The average Bonchev–Trinajstić information content (AvgIpc) is 3.05. The Bertz CT molecular complexity index is 1010. The monoisotopic (exact) mass is 354 g/mol. The van der Waals surface area contributed by atoms with Crippen LogP contribution in [-0.2, 0) is 9.53 Å². The molecule has 4 rings (SSSR count). The molecule has 27 heavy (non-hydrogen) atoms. The number of esters is 1. The third kappa shape index (κ3) is 3.40. The van der Waals surface area contributed by atoms with Gasteiger partial charge >= 0.3 is 5.97 Å². The second-order valence-corrected chi connectivity index (χ2v) is 6.15. The summed E-state index contributed by atoms with van der Waals surface area (Å²) in [7, 11) is 1.63. The molecule has 0 bridgehead atoms. The van der Waals surface area contributed by atoms with Crippen molar-refractivity contribution in [3.63, 3.8) is 0 Å². The van der Waals surface area contributed by atoms with E-state index in [2.05, 4.69) is 0 Å². The van der Waals surface area contributed by atoms with Crippen LogP contribution in [-0.4, -0.2) is 13.1 Å². The second kappa shape index (κ2) is 7.34. The Balaban J connectivity index is 1.87. The zero-order chi connectivity index (χ0) is 18.6. The van der Waals surface area contributed by atoms with Gasteiger partial charge in [-0.15, -0.1) is 0 Å². The predicted molar refractivity (Wildman–Crippen MR) is 107 cm³/mol. The van der Waals surface area contributed by atoms with Gasteiger partial charge in [-0.3, -0.25) is 0 Å². The molecule has 3 heteroatoms. The van der Waals surface area contributed by atoms with Crippen LogP contribution in [0.1, 0.15) is 16.7 Å². The van der Waals surface area contributed by atoms with E-state index < -0.39 is 0 Å². The number of cyclic esters (lactones) is 1. The van der Waals surface area contributed by atoms with Gasteiger partial charge in [0.05, 0.1) is 12.7 Å². The second-order valence-electron chi connectivity index (χ2n) is 6.15. The summed E-state index contributed by atoms with van der Waals surface area (Å²) in [5.74, 6) is 0.999. The summed E-state index contributed by atoms with van der Waals surface area (Å²) in [4.78, 5) is 12.7. The van der Waals surface area contributed by atoms with Crippen LogP contribution in [0.15, 0.2) is 90.7 Å². The molecule has 0 amide bonds. The molecule has 0 saturated heterocycles. The standard InChI is InChI=1S/C24H18O3/c1-26-20-14-12-17(13-15-20)16-21-22(18-8-4-2-5-9-18)23(24(25)27-21)19-10-6-3-7-11-19/h2-16H,1H3. The molecule has 0 aromatic heterocycles. The Labute approximate surface area is 158 Å². The number of benzene rings is 3. The van der Waals surface area contributed by atoms with Crippen molar-refractivity contribution >= 4 is 23.2 Å². The molecule has 0 N–H and O–H groups in total. The number of hydrogen-bond acceptors (Lipinski definition) is 3. The lowest BCUT2D eigenvalue weighted by Crippen LogP contribution is -1.98. The number of ether oxygens (including phenoxy) is 2. The number of allylic oxidation sites excluding steroid dienone is 1. The van der Waals surface area contributed by atoms with Crippen LogP contribution in [0, 0.1) is 0 Å². The minimum absolute atomic E-state index is 0.334. The highest BCUT2D eigenvalue weighted by molar-refractivity contribution is 6.30. The molecule has 0 radical (unpaired) electrons. The fourth-order valence-electron chi connectivity index (χ4n) is 3.14. The van der Waals surface area contributed by atoms with E-state index in [4.69, 9.17) is 9.47 Å². The van der Waals surface area contributed by atoms with Gasteiger partial charge in [-0.25, -0.2) is 4.79 Å². The SMILES string of the molecule is COc1ccc(C=C2OC(=O)C(c3ccccc3)=C2c2ccccc2)cc1. The summed E-state index contributed by atoms with van der Waals surface area (Å²) < 4.78 is 10.9. The van der Waals surface area contributed by atoms with Crippen LogP contribution in [0.3, 0.4) is 0 Å². The molecule has 1 aliphatic rings. The molecule has 1 aliphatic heterocycles. The lowest BCUT2D eigenvalue weighted by atomic mass is 9.94. The zero-order valence-electron chi connectivity index (χ0n) is 14.9. The molecule has 132 valence electrons. The van der Waals surface area contributed by atoms with Crippen molar-refractivity contribution in [3.05, 3.63) is 107 Å². The minimum atomic E-state index is -0.334. The van der Waals surface area contributed by atoms with Gasteiger partial charge < -0.3 is 9.47 Å². The molecule has 1 heterocycles. The molecular formula is C24H18O3. The van der Waals surface area contributed by atoms with Gasteiger partial charge in [-0.1, -0.05) is 72.8 Å². The fraction of sp³-hybridized carbons (Fsp3) is 0.0417. The zero-order valence-corrected chi connectivity index (χ0v) is 14.9. The fourth-order valence-corrected chi connectivity index (χ4v) is 3.14. The maximum atomic E-state index is 12.7. The van der Waals surface area contributed by atoms with Crippen molar-refractivity contribution in [1.82, 2.24) is 0 Å². The molecule has 3 aromatic rings. The molecule has 0 atom stereocenters. The normalized spacial score (nSPS) is 15.1. The maximum absolute atomic E-state index is 12.7. The van der Waals surface area contributed by atoms with Crippen molar-refractivity contribution in [2.75, 3.05) is 7.11 Å². The third-order valence-electron chi connectivity index (χ3n) is 4.44. The Morgan fingerprint density at radius 2 is 1.30 bits per heavy atom. The van der Waals surface area contributed by atoms with Crippen LogP contribution in [0.25, 0.3) is 17.2 Å². The van der Waals surface area contributed by atoms with Crippen molar-refractivity contribution in [2.24, 2.45) is 0 Å². The first-order valence-corrected chi connectivity index (χ1v) is 8.69. The van der Waals surface area contributed by atoms with Crippen molar-refractivity contribution in [3.8, 4) is 5.75 Å². The minimum Gasteiger partial charge on any atom is -0.497 e. The van der Waals surface area contributed by atoms with E-state index in [0.29, 0.717) is 11.3 Å². The van der Waals surface area contributed by atoms with Gasteiger partial charge in [0.2, 0.25) is 0 Å². The largest absolute Gasteiger partial charge is 0.497 e. The molecule has 0 fully saturated rings. The molecule has 3 aromatic carbocycles. The molecule has 0 saturated carbocycles. The van der Waals surface area contributed by atoms with Crippen LogP contribution >= 0.6 is 0 Å². The van der Waals surface area contributed by atoms with Crippen LogP contribution in [0.2, 0.25) is 0 Å². The molecule has 3 nitrogen and oxygen atoms in total. The predicted octanol–water partition coefficient (Wildman–Crippen LogP) is 5.20. The smallest absolute Gasteiger partial charge is 0.344 e. The van der Waals surface area contributed by atoms with Gasteiger partial charge in [-0.2, -0.15) is 0 Å². The summed E-state index contributed by atoms with van der Waals surface area (Å²) in [6.45, 7) is 0. The number of hydrogen-bond donors (Lipinski definition) is 0. The van der Waals surface area contributed by atoms with Crippen LogP contribution in [0.5, 0.6) is 5.75 Å². The lowest BCUT2D eigenvalue weighted by molar-refractivity contribution is -0.131. The first-order valence-electron chi connectivity index (χ1n) is 8.69. The lowest BCUT2D eigenvalue weighted by Gasteiger charge is -2.07. The third-order valence-corrected chi connectivity index (χ3v) is 4.44. The first kappa shape index (κ1) is 16.9. The Morgan fingerprint density at radius 1 is 0.741 bits per heavy atom. The van der Waals surface area contributed by atoms with E-state index in [9.17, 15) is 4.79 Å². The highest BCUT2D eigenvalue weighted by Gasteiger charge is 2.31. The summed E-state index contributed by atoms with van der Waals surface area (Å²) >= 11 is 0. The highest BCUT2D eigenvalue weighted by Crippen LogP contribution is 2.40. The van der Waals surface area contributed by atoms with E-state index >= 15 is 0 Å². The summed E-state index contributed by atoms with van der Waals surface area (Å²) in [6, 6.07) is 27.1. The van der Waals surface area contributed by atoms with Gasteiger partial charge in [0.1, 0.15) is 11.5 Å². The number of rotatable bonds is 4. The van der Waals surface area contributed by atoms with Crippen LogP contribution in [0.4, 0.5) is 0 Å². The number of carbonyl (C=O) groups is 1. The Hall–Kier alpha value is -3.59.